The topological polar surface area (TPSA) is 99.8 Å². The van der Waals surface area contributed by atoms with Gasteiger partial charge in [0, 0.05) is 13.0 Å². The van der Waals surface area contributed by atoms with Gasteiger partial charge in [-0.15, -0.1) is 0 Å². The van der Waals surface area contributed by atoms with Crippen LogP contribution in [0.15, 0.2) is 9.59 Å². The molecular formula is C7H10N4O3. The third kappa shape index (κ3) is 1.36. The summed E-state index contributed by atoms with van der Waals surface area (Å²) in [4.78, 5) is 33.2. The van der Waals surface area contributed by atoms with E-state index in [0.29, 0.717) is 19.4 Å². The Balaban J connectivity index is 2.28. The monoisotopic (exact) mass is 198 g/mol. The lowest BCUT2D eigenvalue weighted by atomic mass is 10.1. The molecule has 0 radical (unpaired) electrons. The maximum Gasteiger partial charge on any atom is 0.344 e. The maximum absolute atomic E-state index is 11.2. The molecule has 1 fully saturated rings. The first-order chi connectivity index (χ1) is 6.68. The standard InChI is InChI=1S/C7H10N4O3/c12-5-2-1-4(3-8-5)11-6(13)9-10-7(11)14/h4H,1-3H2,(H,8,12)(H,9,13)(H,10,14). The highest BCUT2D eigenvalue weighted by Crippen LogP contribution is 2.12. The molecule has 76 valence electrons. The van der Waals surface area contributed by atoms with E-state index in [4.69, 9.17) is 0 Å². The van der Waals surface area contributed by atoms with Crippen LogP contribution in [0.5, 0.6) is 0 Å². The van der Waals surface area contributed by atoms with Crippen LogP contribution in [-0.4, -0.2) is 27.2 Å². The van der Waals surface area contributed by atoms with Crippen molar-refractivity contribution in [3.8, 4) is 0 Å². The number of hydrogen-bond donors (Lipinski definition) is 3. The van der Waals surface area contributed by atoms with Crippen LogP contribution >= 0.6 is 0 Å². The number of aromatic nitrogens is 3. The molecular weight excluding hydrogens is 188 g/mol. The molecule has 1 aromatic rings. The molecule has 3 N–H and O–H groups in total. The van der Waals surface area contributed by atoms with Gasteiger partial charge in [-0.3, -0.25) is 4.79 Å². The van der Waals surface area contributed by atoms with E-state index >= 15 is 0 Å². The van der Waals surface area contributed by atoms with Crippen LogP contribution in [0.25, 0.3) is 0 Å². The molecule has 0 aromatic carbocycles. The molecule has 2 heterocycles. The summed E-state index contributed by atoms with van der Waals surface area (Å²) in [7, 11) is 0. The van der Waals surface area contributed by atoms with E-state index in [1.807, 2.05) is 0 Å². The number of rotatable bonds is 1. The normalized spacial score (nSPS) is 22.0. The van der Waals surface area contributed by atoms with Crippen molar-refractivity contribution in [3.05, 3.63) is 21.0 Å². The molecule has 14 heavy (non-hydrogen) atoms. The number of carbonyl (C=O) groups excluding carboxylic acids is 1. The van der Waals surface area contributed by atoms with Crippen LogP contribution in [0.3, 0.4) is 0 Å². The zero-order chi connectivity index (χ0) is 10.1. The van der Waals surface area contributed by atoms with E-state index < -0.39 is 11.4 Å². The first-order valence-corrected chi connectivity index (χ1v) is 4.34. The SMILES string of the molecule is O=C1CCC(n2c(=O)[nH][nH]c2=O)CN1. The fraction of sp³-hybridized carbons (Fsp3) is 0.571. The third-order valence-corrected chi connectivity index (χ3v) is 2.32. The second-order valence-electron chi connectivity index (χ2n) is 3.23. The molecule has 7 heteroatoms. The Hall–Kier alpha value is -1.79. The molecule has 1 amide bonds. The lowest BCUT2D eigenvalue weighted by Gasteiger charge is -2.21. The number of hydrogen-bond acceptors (Lipinski definition) is 3. The van der Waals surface area contributed by atoms with Gasteiger partial charge in [0.25, 0.3) is 0 Å². The fourth-order valence-electron chi connectivity index (χ4n) is 1.59. The Morgan fingerprint density at radius 2 is 1.79 bits per heavy atom. The average molecular weight is 198 g/mol. The summed E-state index contributed by atoms with van der Waals surface area (Å²) >= 11 is 0. The molecule has 7 nitrogen and oxygen atoms in total. The molecule has 1 aliphatic rings. The number of piperidine rings is 1. The van der Waals surface area contributed by atoms with Gasteiger partial charge in [-0.2, -0.15) is 0 Å². The molecule has 2 rings (SSSR count). The minimum Gasteiger partial charge on any atom is -0.354 e. The summed E-state index contributed by atoms with van der Waals surface area (Å²) in [5, 5.41) is 7.01. The maximum atomic E-state index is 11.2. The van der Waals surface area contributed by atoms with Gasteiger partial charge in [-0.05, 0) is 6.42 Å². The van der Waals surface area contributed by atoms with E-state index in [2.05, 4.69) is 15.5 Å². The van der Waals surface area contributed by atoms with E-state index in [-0.39, 0.29) is 11.9 Å². The van der Waals surface area contributed by atoms with Crippen molar-refractivity contribution in [2.24, 2.45) is 0 Å². The van der Waals surface area contributed by atoms with Gasteiger partial charge in [0.2, 0.25) is 5.91 Å². The van der Waals surface area contributed by atoms with Crippen LogP contribution in [0.4, 0.5) is 0 Å². The van der Waals surface area contributed by atoms with Crippen LogP contribution < -0.4 is 16.7 Å². The first-order valence-electron chi connectivity index (χ1n) is 4.34. The number of aromatic amines is 2. The predicted molar refractivity (Wildman–Crippen MR) is 47.0 cm³/mol. The third-order valence-electron chi connectivity index (χ3n) is 2.32. The number of H-pyrrole nitrogens is 2. The van der Waals surface area contributed by atoms with Crippen LogP contribution in [0.1, 0.15) is 18.9 Å². The van der Waals surface area contributed by atoms with Gasteiger partial charge in [0.1, 0.15) is 0 Å². The first kappa shape index (κ1) is 8.79. The zero-order valence-electron chi connectivity index (χ0n) is 7.37. The highest BCUT2D eigenvalue weighted by molar-refractivity contribution is 5.76. The van der Waals surface area contributed by atoms with Gasteiger partial charge in [-0.25, -0.2) is 24.4 Å². The van der Waals surface area contributed by atoms with E-state index in [0.717, 1.165) is 4.57 Å². The summed E-state index contributed by atoms with van der Waals surface area (Å²) in [6.45, 7) is 0.333. The molecule has 1 atom stereocenters. The van der Waals surface area contributed by atoms with Gasteiger partial charge < -0.3 is 5.32 Å². The van der Waals surface area contributed by atoms with Gasteiger partial charge in [0.15, 0.2) is 0 Å². The van der Waals surface area contributed by atoms with E-state index in [1.165, 1.54) is 0 Å². The lowest BCUT2D eigenvalue weighted by molar-refractivity contribution is -0.122. The molecule has 1 saturated heterocycles. The highest BCUT2D eigenvalue weighted by atomic mass is 16.2. The summed E-state index contributed by atoms with van der Waals surface area (Å²) < 4.78 is 1.10. The lowest BCUT2D eigenvalue weighted by Crippen LogP contribution is -2.42. The Kier molecular flexibility index (Phi) is 1.99. The summed E-state index contributed by atoms with van der Waals surface area (Å²) in [6, 6.07) is -0.241. The average Bonchev–Trinajstić information content (AvgIpc) is 2.49. The highest BCUT2D eigenvalue weighted by Gasteiger charge is 2.22. The Labute approximate surface area is 78.1 Å². The molecule has 0 spiro atoms. The molecule has 1 aliphatic heterocycles. The Morgan fingerprint density at radius 3 is 2.29 bits per heavy atom. The number of carbonyl (C=O) groups is 1. The van der Waals surface area contributed by atoms with Crippen molar-refractivity contribution in [2.75, 3.05) is 6.54 Å². The second-order valence-corrected chi connectivity index (χ2v) is 3.23. The summed E-state index contributed by atoms with van der Waals surface area (Å²) in [6.07, 6.45) is 0.869. The van der Waals surface area contributed by atoms with Crippen LogP contribution in [0, 0.1) is 0 Å². The van der Waals surface area contributed by atoms with Crippen LogP contribution in [-0.2, 0) is 4.79 Å². The molecule has 1 aromatic heterocycles. The summed E-state index contributed by atoms with van der Waals surface area (Å²) in [5.74, 6) is -0.0405. The summed E-state index contributed by atoms with van der Waals surface area (Å²) in [5.41, 5.74) is -0.924. The number of amides is 1. The number of nitrogens with one attached hydrogen (secondary N) is 3. The van der Waals surface area contributed by atoms with Gasteiger partial charge >= 0.3 is 11.4 Å². The van der Waals surface area contributed by atoms with Crippen molar-refractivity contribution >= 4 is 5.91 Å². The second kappa shape index (κ2) is 3.17. The van der Waals surface area contributed by atoms with Crippen LogP contribution in [0.2, 0.25) is 0 Å². The van der Waals surface area contributed by atoms with Gasteiger partial charge in [-0.1, -0.05) is 0 Å². The zero-order valence-corrected chi connectivity index (χ0v) is 7.37. The smallest absolute Gasteiger partial charge is 0.344 e. The Bertz CT molecular complexity index is 416. The minimum atomic E-state index is -0.462. The van der Waals surface area contributed by atoms with Crippen molar-refractivity contribution in [2.45, 2.75) is 18.9 Å². The van der Waals surface area contributed by atoms with E-state index in [1.54, 1.807) is 0 Å². The fourth-order valence-corrected chi connectivity index (χ4v) is 1.59. The molecule has 0 bridgehead atoms. The number of nitrogens with zero attached hydrogens (tertiary/aromatic N) is 1. The minimum absolute atomic E-state index is 0.0405. The molecule has 1 unspecified atom stereocenters. The largest absolute Gasteiger partial charge is 0.354 e. The predicted octanol–water partition coefficient (Wildman–Crippen LogP) is -1.68. The van der Waals surface area contributed by atoms with E-state index in [9.17, 15) is 14.4 Å². The van der Waals surface area contributed by atoms with Gasteiger partial charge in [0.05, 0.1) is 6.04 Å². The molecule has 0 aliphatic carbocycles. The van der Waals surface area contributed by atoms with Crippen molar-refractivity contribution in [3.63, 3.8) is 0 Å². The quantitative estimate of drug-likeness (QED) is 0.502. The molecule has 0 saturated carbocycles. The van der Waals surface area contributed by atoms with Crippen molar-refractivity contribution in [1.29, 1.82) is 0 Å². The Morgan fingerprint density at radius 1 is 1.14 bits per heavy atom. The van der Waals surface area contributed by atoms with Crippen molar-refractivity contribution < 1.29 is 4.79 Å². The van der Waals surface area contributed by atoms with Crippen molar-refractivity contribution in [1.82, 2.24) is 20.1 Å².